The van der Waals surface area contributed by atoms with Crippen molar-refractivity contribution in [2.75, 3.05) is 5.75 Å². The first kappa shape index (κ1) is 21.1. The number of thiazole rings is 1. The molecule has 0 aliphatic carbocycles. The molecule has 2 aromatic carbocycles. The fourth-order valence-electron chi connectivity index (χ4n) is 3.22. The quantitative estimate of drug-likeness (QED) is 0.174. The maximum Gasteiger partial charge on any atom is 0.270 e. The smallest absolute Gasteiger partial charge is 0.270 e. The van der Waals surface area contributed by atoms with E-state index in [-0.39, 0.29) is 5.56 Å². The molecule has 3 aromatic heterocycles. The molecule has 5 aromatic rings. The maximum atomic E-state index is 12.8. The molecule has 0 amide bonds. The molecule has 0 bridgehead atoms. The van der Waals surface area contributed by atoms with Crippen LogP contribution >= 0.6 is 34.9 Å². The van der Waals surface area contributed by atoms with E-state index in [1.165, 1.54) is 18.0 Å². The van der Waals surface area contributed by atoms with Gasteiger partial charge in [0.25, 0.3) is 5.56 Å². The summed E-state index contributed by atoms with van der Waals surface area (Å²) >= 11 is 4.69. The van der Waals surface area contributed by atoms with Gasteiger partial charge in [-0.3, -0.25) is 9.36 Å². The van der Waals surface area contributed by atoms with E-state index in [4.69, 9.17) is 15.0 Å². The minimum atomic E-state index is -0.178. The maximum absolute atomic E-state index is 12.8. The van der Waals surface area contributed by atoms with Crippen molar-refractivity contribution < 1.29 is 0 Å². The number of benzene rings is 2. The lowest BCUT2D eigenvalue weighted by Crippen LogP contribution is -2.22. The van der Waals surface area contributed by atoms with Gasteiger partial charge in [-0.25, -0.2) is 19.9 Å². The molecule has 32 heavy (non-hydrogen) atoms. The molecular weight excluding hydrogens is 458 g/mol. The Balaban J connectivity index is 1.63. The number of hydrogen-bond acceptors (Lipinski definition) is 8. The van der Waals surface area contributed by atoms with Gasteiger partial charge in [0.2, 0.25) is 0 Å². The van der Waals surface area contributed by atoms with Crippen molar-refractivity contribution in [2.45, 2.75) is 34.4 Å². The molecule has 0 unspecified atom stereocenters. The van der Waals surface area contributed by atoms with Gasteiger partial charge in [0.05, 0.1) is 23.0 Å². The van der Waals surface area contributed by atoms with Gasteiger partial charge < -0.3 is 0 Å². The van der Waals surface area contributed by atoms with Gasteiger partial charge in [-0.2, -0.15) is 0 Å². The minimum Gasteiger partial charge on any atom is -0.285 e. The van der Waals surface area contributed by atoms with Crippen LogP contribution in [0.25, 0.3) is 21.4 Å². The Morgan fingerprint density at radius 1 is 1.00 bits per heavy atom. The van der Waals surface area contributed by atoms with Crippen LogP contribution in [0.3, 0.4) is 0 Å². The molecule has 6 nitrogen and oxygen atoms in total. The molecule has 0 saturated heterocycles. The van der Waals surface area contributed by atoms with Crippen LogP contribution in [0.1, 0.15) is 18.9 Å². The highest BCUT2D eigenvalue weighted by Crippen LogP contribution is 2.36. The standard InChI is InChI=1S/C23H19N5OS3/c1-2-12-30-22-26-20-19(24-13-18(29)28(20)14-15-8-4-3-5-9-15)21(27-22)32-23-25-16-10-6-7-11-17(16)31-23/h3-11,13H,2,12,14H2,1H3. The molecule has 160 valence electrons. The molecule has 0 fully saturated rings. The van der Waals surface area contributed by atoms with Gasteiger partial charge in [-0.1, -0.05) is 61.2 Å². The molecule has 0 spiro atoms. The van der Waals surface area contributed by atoms with E-state index in [1.807, 2.05) is 48.5 Å². The summed E-state index contributed by atoms with van der Waals surface area (Å²) in [7, 11) is 0. The number of para-hydroxylation sites is 1. The van der Waals surface area contributed by atoms with Crippen LogP contribution < -0.4 is 5.56 Å². The van der Waals surface area contributed by atoms with Gasteiger partial charge in [0.15, 0.2) is 15.1 Å². The Bertz CT molecular complexity index is 1420. The van der Waals surface area contributed by atoms with Crippen molar-refractivity contribution in [3.8, 4) is 0 Å². The topological polar surface area (TPSA) is 73.6 Å². The zero-order valence-corrected chi connectivity index (χ0v) is 19.7. The van der Waals surface area contributed by atoms with Crippen molar-refractivity contribution in [2.24, 2.45) is 0 Å². The number of rotatable bonds is 7. The molecule has 9 heteroatoms. The Morgan fingerprint density at radius 3 is 2.62 bits per heavy atom. The van der Waals surface area contributed by atoms with E-state index in [0.717, 1.165) is 37.3 Å². The van der Waals surface area contributed by atoms with Crippen molar-refractivity contribution in [1.29, 1.82) is 0 Å². The van der Waals surface area contributed by atoms with Crippen LogP contribution in [0.15, 0.2) is 80.1 Å². The second-order valence-corrected chi connectivity index (χ2v) is 10.4. The number of thioether (sulfide) groups is 1. The van der Waals surface area contributed by atoms with Crippen LogP contribution in [0, 0.1) is 0 Å². The van der Waals surface area contributed by atoms with Crippen molar-refractivity contribution in [1.82, 2.24) is 24.5 Å². The zero-order chi connectivity index (χ0) is 21.9. The van der Waals surface area contributed by atoms with Crippen LogP contribution in [0.4, 0.5) is 0 Å². The third kappa shape index (κ3) is 4.41. The molecular formula is C23H19N5OS3. The number of fused-ring (bicyclic) bond motifs is 2. The first-order valence-corrected chi connectivity index (χ1v) is 12.8. The summed E-state index contributed by atoms with van der Waals surface area (Å²) < 4.78 is 3.70. The van der Waals surface area contributed by atoms with Crippen LogP contribution in [-0.4, -0.2) is 30.3 Å². The predicted molar refractivity (Wildman–Crippen MR) is 132 cm³/mol. The fraction of sp³-hybridized carbons (Fsp3) is 0.174. The minimum absolute atomic E-state index is 0.178. The Hall–Kier alpha value is -2.75. The zero-order valence-electron chi connectivity index (χ0n) is 17.3. The van der Waals surface area contributed by atoms with E-state index in [1.54, 1.807) is 27.7 Å². The van der Waals surface area contributed by atoms with Crippen LogP contribution in [0.5, 0.6) is 0 Å². The highest BCUT2D eigenvalue weighted by atomic mass is 32.2. The average Bonchev–Trinajstić information content (AvgIpc) is 3.22. The van der Waals surface area contributed by atoms with Crippen LogP contribution in [-0.2, 0) is 6.54 Å². The molecule has 0 radical (unpaired) electrons. The predicted octanol–water partition coefficient (Wildman–Crippen LogP) is 5.50. The second-order valence-electron chi connectivity index (χ2n) is 7.05. The summed E-state index contributed by atoms with van der Waals surface area (Å²) in [4.78, 5) is 31.5. The molecule has 3 heterocycles. The first-order valence-electron chi connectivity index (χ1n) is 10.2. The Labute approximate surface area is 197 Å². The Kier molecular flexibility index (Phi) is 6.20. The van der Waals surface area contributed by atoms with E-state index in [2.05, 4.69) is 18.0 Å². The largest absolute Gasteiger partial charge is 0.285 e. The summed E-state index contributed by atoms with van der Waals surface area (Å²) in [5.74, 6) is 0.903. The fourth-order valence-corrected chi connectivity index (χ4v) is 6.03. The molecule has 0 aliphatic heterocycles. The SMILES string of the molecule is CCCSc1nc(Sc2nc3ccccc3s2)c2ncc(=O)n(Cc3ccccc3)c2n1. The third-order valence-electron chi connectivity index (χ3n) is 4.72. The highest BCUT2D eigenvalue weighted by molar-refractivity contribution is 8.01. The van der Waals surface area contributed by atoms with Crippen LogP contribution in [0.2, 0.25) is 0 Å². The summed E-state index contributed by atoms with van der Waals surface area (Å²) in [6, 6.07) is 18.0. The monoisotopic (exact) mass is 477 g/mol. The number of nitrogens with zero attached hydrogens (tertiary/aromatic N) is 5. The average molecular weight is 478 g/mol. The van der Waals surface area contributed by atoms with E-state index < -0.39 is 0 Å². The van der Waals surface area contributed by atoms with E-state index >= 15 is 0 Å². The van der Waals surface area contributed by atoms with E-state index in [0.29, 0.717) is 22.9 Å². The summed E-state index contributed by atoms with van der Waals surface area (Å²) in [6.45, 7) is 2.55. The molecule has 0 N–H and O–H groups in total. The lowest BCUT2D eigenvalue weighted by molar-refractivity contribution is 0.754. The lowest BCUT2D eigenvalue weighted by Gasteiger charge is -2.12. The van der Waals surface area contributed by atoms with Gasteiger partial charge in [0, 0.05) is 5.75 Å². The second kappa shape index (κ2) is 9.40. The van der Waals surface area contributed by atoms with Gasteiger partial charge in [-0.05, 0) is 35.9 Å². The summed E-state index contributed by atoms with van der Waals surface area (Å²) in [5.41, 5.74) is 2.99. The lowest BCUT2D eigenvalue weighted by atomic mass is 10.2. The third-order valence-corrected chi connectivity index (χ3v) is 7.84. The summed E-state index contributed by atoms with van der Waals surface area (Å²) in [5, 5.41) is 1.37. The van der Waals surface area contributed by atoms with Crippen molar-refractivity contribution >= 4 is 56.2 Å². The molecule has 0 aliphatic rings. The molecule has 5 rings (SSSR count). The first-order chi connectivity index (χ1) is 15.7. The van der Waals surface area contributed by atoms with Crippen molar-refractivity contribution in [3.05, 3.63) is 76.7 Å². The Morgan fingerprint density at radius 2 is 1.81 bits per heavy atom. The van der Waals surface area contributed by atoms with Crippen molar-refractivity contribution in [3.63, 3.8) is 0 Å². The van der Waals surface area contributed by atoms with Gasteiger partial charge in [-0.15, -0.1) is 11.3 Å². The van der Waals surface area contributed by atoms with E-state index in [9.17, 15) is 4.79 Å². The van der Waals surface area contributed by atoms with Gasteiger partial charge in [0.1, 0.15) is 10.5 Å². The highest BCUT2D eigenvalue weighted by Gasteiger charge is 2.17. The molecule has 0 saturated carbocycles. The number of hydrogen-bond donors (Lipinski definition) is 0. The molecule has 0 atom stereocenters. The van der Waals surface area contributed by atoms with Gasteiger partial charge >= 0.3 is 0 Å². The summed E-state index contributed by atoms with van der Waals surface area (Å²) in [6.07, 6.45) is 2.37. The number of aromatic nitrogens is 5. The normalized spacial score (nSPS) is 11.4.